The average Bonchev–Trinajstić information content (AvgIpc) is 3.54. The van der Waals surface area contributed by atoms with Crippen molar-refractivity contribution >= 4 is 16.8 Å². The van der Waals surface area contributed by atoms with Gasteiger partial charge in [0, 0.05) is 12.8 Å². The zero-order chi connectivity index (χ0) is 29.3. The van der Waals surface area contributed by atoms with Crippen molar-refractivity contribution in [3.05, 3.63) is 119 Å². The fourth-order valence-corrected chi connectivity index (χ4v) is 4.42. The molecular weight excluding hydrogens is 532 g/mol. The Kier molecular flexibility index (Phi) is 14.6. The zero-order valence-corrected chi connectivity index (χ0v) is 24.8. The minimum atomic E-state index is -0.711. The topological polar surface area (TPSA) is 74.6 Å². The van der Waals surface area contributed by atoms with E-state index in [1.165, 1.54) is 44.5 Å². The van der Waals surface area contributed by atoms with Crippen LogP contribution >= 0.6 is 0 Å². The number of carboxylic acids is 2. The summed E-state index contributed by atoms with van der Waals surface area (Å²) in [6, 6.07) is 36.2. The van der Waals surface area contributed by atoms with Crippen LogP contribution in [0.15, 0.2) is 84.9 Å². The maximum Gasteiger partial charge on any atom is -0.0253 e. The summed E-state index contributed by atoms with van der Waals surface area (Å²) in [4.78, 5) is 22.4. The fourth-order valence-electron chi connectivity index (χ4n) is 4.42. The van der Waals surface area contributed by atoms with Crippen molar-refractivity contribution in [2.75, 3.05) is 0 Å². The fraction of sp³-hybridized carbons (Fsp3) is 0.229. The summed E-state index contributed by atoms with van der Waals surface area (Å²) in [5, 5.41) is 15.8. The number of carbonyl (C=O) groups is 2. The van der Waals surface area contributed by atoms with Gasteiger partial charge in [-0.1, -0.05) is 84.6 Å². The zero-order valence-electron chi connectivity index (χ0n) is 23.2. The Labute approximate surface area is 249 Å². The van der Waals surface area contributed by atoms with Gasteiger partial charge >= 0.3 is 36.7 Å². The molecule has 4 aromatic rings. The molecule has 6 rings (SSSR count). The van der Waals surface area contributed by atoms with Crippen LogP contribution in [0.4, 0.5) is 0 Å². The third kappa shape index (κ3) is 9.86. The van der Waals surface area contributed by atoms with Crippen LogP contribution in [0.2, 0.25) is 0 Å². The molecule has 40 heavy (non-hydrogen) atoms. The number of carboxylic acid groups (broad SMARTS) is 2. The number of hydrogen-bond acceptors (Lipinski definition) is 2. The predicted octanol–water partition coefficient (Wildman–Crippen LogP) is 7.82. The van der Waals surface area contributed by atoms with Crippen molar-refractivity contribution in [2.45, 2.75) is 52.4 Å². The van der Waals surface area contributed by atoms with Crippen LogP contribution in [-0.4, -0.2) is 27.0 Å². The van der Waals surface area contributed by atoms with Gasteiger partial charge < -0.3 is 10.2 Å². The molecule has 0 aliphatic heterocycles. The molecule has 5 heteroatoms. The van der Waals surface area contributed by atoms with Gasteiger partial charge in [-0.25, -0.2) is 0 Å². The first-order valence-corrected chi connectivity index (χ1v) is 14.5. The molecule has 0 radical (unpaired) electrons. The van der Waals surface area contributed by atoms with Gasteiger partial charge in [-0.3, -0.25) is 9.59 Å². The Bertz CT molecular complexity index is 1190. The van der Waals surface area contributed by atoms with Gasteiger partial charge in [0.15, 0.2) is 0 Å². The summed E-state index contributed by atoms with van der Waals surface area (Å²) < 4.78 is 0. The van der Waals surface area contributed by atoms with Gasteiger partial charge in [-0.2, -0.15) is 59.7 Å². The van der Waals surface area contributed by atoms with Gasteiger partial charge in [0.1, 0.15) is 0 Å². The molecule has 0 spiro atoms. The molecule has 0 amide bonds. The summed E-state index contributed by atoms with van der Waals surface area (Å²) >= 11 is 1.75. The minimum Gasteiger partial charge on any atom is -0.179 e. The second-order valence-corrected chi connectivity index (χ2v) is 9.08. The molecule has 4 aromatic carbocycles. The molecule has 2 aliphatic rings. The number of hydrogen-bond donors (Lipinski definition) is 2. The van der Waals surface area contributed by atoms with Gasteiger partial charge in [0.05, 0.1) is 0 Å². The van der Waals surface area contributed by atoms with Crippen molar-refractivity contribution in [2.24, 2.45) is 0 Å². The molecule has 2 aliphatic carbocycles. The monoisotopic (exact) mass is 568 g/mol. The number of aliphatic carboxylic acids is 2. The Balaban J connectivity index is 0.000000196. The standard InChI is InChI=1S/2C13H9.2C4H8O2.CH2.Ti/c2*1-3-7-12-10(5-1)9-11-6-2-4-8-13(11)12;2*1-2-3-4(5)6;;/h2*1-5,7-8H,9H2;2*2-3H2,1H3,(H,5,6);1H2;/q2*-1;;;;+2. The van der Waals surface area contributed by atoms with Crippen molar-refractivity contribution in [1.82, 2.24) is 0 Å². The first kappa shape index (κ1) is 32.6. The van der Waals surface area contributed by atoms with Crippen LogP contribution in [-0.2, 0) is 42.4 Å². The Morgan fingerprint density at radius 3 is 1.32 bits per heavy atom. The van der Waals surface area contributed by atoms with Crippen LogP contribution in [0.25, 0.3) is 22.3 Å². The maximum atomic E-state index is 9.60. The molecule has 204 valence electrons. The molecule has 0 atom stereocenters. The largest absolute Gasteiger partial charge is 0.179 e. The summed E-state index contributed by atoms with van der Waals surface area (Å²) in [6.45, 7) is 3.68. The average molecular weight is 569 g/mol. The number of fused-ring (bicyclic) bond motifs is 6. The smallest absolute Gasteiger partial charge is 0.0253 e. The third-order valence-corrected chi connectivity index (χ3v) is 6.16. The van der Waals surface area contributed by atoms with Crippen LogP contribution in [0.1, 0.15) is 61.8 Å². The molecule has 0 saturated heterocycles. The first-order chi connectivity index (χ1) is 19.4. The van der Waals surface area contributed by atoms with E-state index in [-0.39, 0.29) is 0 Å². The molecule has 0 heterocycles. The predicted molar refractivity (Wildman–Crippen MR) is 159 cm³/mol. The van der Waals surface area contributed by atoms with Crippen molar-refractivity contribution in [3.8, 4) is 22.3 Å². The molecule has 4 nitrogen and oxygen atoms in total. The molecule has 0 saturated carbocycles. The Hall–Kier alpha value is -3.60. The van der Waals surface area contributed by atoms with E-state index in [0.29, 0.717) is 12.8 Å². The molecule has 2 N–H and O–H groups in total. The van der Waals surface area contributed by atoms with Crippen molar-refractivity contribution in [1.29, 1.82) is 0 Å². The molecule has 0 unspecified atom stereocenters. The number of benzene rings is 4. The number of rotatable bonds is 4. The van der Waals surface area contributed by atoms with E-state index in [1.54, 1.807) is 20.0 Å². The molecule has 0 aromatic heterocycles. The van der Waals surface area contributed by atoms with E-state index >= 15 is 0 Å². The second kappa shape index (κ2) is 17.9. The molecule has 0 fully saturated rings. The van der Waals surface area contributed by atoms with E-state index in [0.717, 1.165) is 25.7 Å². The third-order valence-electron chi connectivity index (χ3n) is 6.16. The summed E-state index contributed by atoms with van der Waals surface area (Å²) in [6.07, 6.45) is 4.14. The van der Waals surface area contributed by atoms with Crippen LogP contribution in [0, 0.1) is 12.1 Å². The van der Waals surface area contributed by atoms with Crippen LogP contribution in [0.5, 0.6) is 0 Å². The van der Waals surface area contributed by atoms with E-state index in [9.17, 15) is 9.59 Å². The van der Waals surface area contributed by atoms with Crippen LogP contribution in [0.3, 0.4) is 0 Å². The van der Waals surface area contributed by atoms with Crippen LogP contribution < -0.4 is 0 Å². The van der Waals surface area contributed by atoms with Gasteiger partial charge in [-0.05, 0) is 25.7 Å². The van der Waals surface area contributed by atoms with Gasteiger partial charge in [0.2, 0.25) is 0 Å². The van der Waals surface area contributed by atoms with E-state index in [2.05, 4.69) is 89.7 Å². The van der Waals surface area contributed by atoms with E-state index in [1.807, 2.05) is 26.0 Å². The van der Waals surface area contributed by atoms with Crippen molar-refractivity contribution in [3.63, 3.8) is 0 Å². The molecular formula is C35H36O4Ti. The molecule has 0 bridgehead atoms. The quantitative estimate of drug-likeness (QED) is 0.168. The Morgan fingerprint density at radius 2 is 1.00 bits per heavy atom. The first-order valence-electron chi connectivity index (χ1n) is 13.4. The minimum absolute atomic E-state index is 0.292. The summed E-state index contributed by atoms with van der Waals surface area (Å²) in [5.41, 5.74) is 11.0. The Morgan fingerprint density at radius 1 is 0.650 bits per heavy atom. The summed E-state index contributed by atoms with van der Waals surface area (Å²) in [7, 11) is 0. The normalized spacial score (nSPS) is 10.6. The SMILES string of the molecule is CCCC(=O)O.CCCC(=O)O.[CH2]=[Ti+2].[c-]1cccc2c1Cc1ccccc1-2.[c-]1cccc2c1Cc1ccccc1-2. The van der Waals surface area contributed by atoms with Gasteiger partial charge in [-0.15, -0.1) is 11.1 Å². The van der Waals surface area contributed by atoms with E-state index in [4.69, 9.17) is 10.2 Å². The van der Waals surface area contributed by atoms with E-state index < -0.39 is 11.9 Å². The maximum absolute atomic E-state index is 9.60. The van der Waals surface area contributed by atoms with Gasteiger partial charge in [0.25, 0.3) is 0 Å². The van der Waals surface area contributed by atoms with Crippen molar-refractivity contribution < 1.29 is 39.8 Å². The second-order valence-electron chi connectivity index (χ2n) is 9.08. The summed E-state index contributed by atoms with van der Waals surface area (Å²) in [5.74, 6) is -1.42.